The first-order valence-corrected chi connectivity index (χ1v) is 15.1. The fourth-order valence-corrected chi connectivity index (χ4v) is 5.73. The van der Waals surface area contributed by atoms with Crippen molar-refractivity contribution in [1.29, 1.82) is 0 Å². The molecular formula is C37H28N6O4. The number of rotatable bonds is 6. The van der Waals surface area contributed by atoms with Crippen molar-refractivity contribution in [3.8, 4) is 28.3 Å². The largest absolute Gasteiger partial charge is 0.364 e. The van der Waals surface area contributed by atoms with Gasteiger partial charge in [0.25, 0.3) is 0 Å². The monoisotopic (exact) mass is 620 g/mol. The fraction of sp³-hybridized carbons (Fsp3) is 0.0811. The third-order valence-corrected chi connectivity index (χ3v) is 8.04. The molecule has 0 aliphatic carbocycles. The summed E-state index contributed by atoms with van der Waals surface area (Å²) in [4.78, 5) is 19.8. The Labute approximate surface area is 269 Å². The summed E-state index contributed by atoms with van der Waals surface area (Å²) in [7, 11) is 0. The van der Waals surface area contributed by atoms with Gasteiger partial charge in [-0.3, -0.25) is 13.9 Å². The lowest BCUT2D eigenvalue weighted by Crippen LogP contribution is -1.98. The molecule has 0 atom stereocenters. The van der Waals surface area contributed by atoms with Gasteiger partial charge in [-0.25, -0.2) is 9.97 Å². The number of benzene rings is 4. The number of hydrogen-bond acceptors (Lipinski definition) is 7. The summed E-state index contributed by atoms with van der Waals surface area (Å²) in [5, 5.41) is 4.00. The maximum atomic E-state index is 10.9. The van der Waals surface area contributed by atoms with Crippen LogP contribution in [0, 0.1) is 0 Å². The molecule has 1 saturated heterocycles. The van der Waals surface area contributed by atoms with Crippen LogP contribution in [0.15, 0.2) is 139 Å². The molecule has 230 valence electrons. The van der Waals surface area contributed by atoms with Gasteiger partial charge in [-0.15, -0.1) is 0 Å². The van der Waals surface area contributed by atoms with Crippen LogP contribution in [0.25, 0.3) is 50.4 Å². The van der Waals surface area contributed by atoms with Crippen LogP contribution in [0.1, 0.15) is 22.2 Å². The minimum atomic E-state index is -0.287. The van der Waals surface area contributed by atoms with Crippen molar-refractivity contribution in [2.75, 3.05) is 13.2 Å². The highest BCUT2D eigenvalue weighted by Gasteiger charge is 2.19. The molecule has 10 nitrogen and oxygen atoms in total. The van der Waals surface area contributed by atoms with Gasteiger partial charge in [0, 0.05) is 52.2 Å². The van der Waals surface area contributed by atoms with E-state index in [2.05, 4.69) is 42.5 Å². The van der Waals surface area contributed by atoms with Crippen molar-refractivity contribution in [1.82, 2.24) is 28.8 Å². The van der Waals surface area contributed by atoms with Gasteiger partial charge in [-0.1, -0.05) is 29.4 Å². The van der Waals surface area contributed by atoms with E-state index in [1.54, 1.807) is 18.7 Å². The molecule has 0 spiro atoms. The number of carbonyl (C=O) groups is 1. The summed E-state index contributed by atoms with van der Waals surface area (Å²) >= 11 is 0. The van der Waals surface area contributed by atoms with E-state index in [0.29, 0.717) is 18.8 Å². The van der Waals surface area contributed by atoms with Crippen molar-refractivity contribution in [2.45, 2.75) is 6.29 Å². The average Bonchev–Trinajstić information content (AvgIpc) is 3.98. The van der Waals surface area contributed by atoms with Gasteiger partial charge in [-0.05, 0) is 72.8 Å². The Morgan fingerprint density at radius 3 is 2.09 bits per heavy atom. The molecule has 1 aliphatic heterocycles. The molecular weight excluding hydrogens is 592 g/mol. The van der Waals surface area contributed by atoms with E-state index >= 15 is 0 Å². The van der Waals surface area contributed by atoms with Gasteiger partial charge in [0.1, 0.15) is 30.9 Å². The SMILES string of the molecule is O=Cc1ccc2c(c1)ncn2-c1cccc(-n2cccc2)c1.c1cc(-c2ccon2)cc(-n2cnc3cc(C4OCCO4)ccc32)c1. The first-order chi connectivity index (χ1) is 23.2. The summed E-state index contributed by atoms with van der Waals surface area (Å²) < 4.78 is 22.2. The topological polar surface area (TPSA) is 102 Å². The summed E-state index contributed by atoms with van der Waals surface area (Å²) in [5.74, 6) is 0. The van der Waals surface area contributed by atoms with Crippen LogP contribution in [0.3, 0.4) is 0 Å². The van der Waals surface area contributed by atoms with Gasteiger partial charge < -0.3 is 18.6 Å². The smallest absolute Gasteiger partial charge is 0.184 e. The predicted molar refractivity (Wildman–Crippen MR) is 177 cm³/mol. The van der Waals surface area contributed by atoms with Crippen LogP contribution in [-0.4, -0.2) is 48.3 Å². The highest BCUT2D eigenvalue weighted by atomic mass is 16.7. The minimum Gasteiger partial charge on any atom is -0.364 e. The molecule has 0 bridgehead atoms. The quantitative estimate of drug-likeness (QED) is 0.179. The number of fused-ring (bicyclic) bond motifs is 2. The molecule has 10 heteroatoms. The Bertz CT molecular complexity index is 2300. The predicted octanol–water partition coefficient (Wildman–Crippen LogP) is 7.35. The van der Waals surface area contributed by atoms with Crippen molar-refractivity contribution in [3.63, 3.8) is 0 Å². The maximum Gasteiger partial charge on any atom is 0.184 e. The van der Waals surface area contributed by atoms with Gasteiger partial charge in [-0.2, -0.15) is 0 Å². The third-order valence-electron chi connectivity index (χ3n) is 8.04. The second kappa shape index (κ2) is 12.4. The zero-order valence-electron chi connectivity index (χ0n) is 25.1. The zero-order valence-corrected chi connectivity index (χ0v) is 25.1. The van der Waals surface area contributed by atoms with Crippen LogP contribution in [0.2, 0.25) is 0 Å². The normalized spacial score (nSPS) is 13.2. The Morgan fingerprint density at radius 2 is 1.36 bits per heavy atom. The molecule has 1 fully saturated rings. The van der Waals surface area contributed by atoms with Crippen LogP contribution in [0.5, 0.6) is 0 Å². The number of aldehydes is 1. The first kappa shape index (κ1) is 28.4. The van der Waals surface area contributed by atoms with Gasteiger partial charge >= 0.3 is 0 Å². The molecule has 47 heavy (non-hydrogen) atoms. The minimum absolute atomic E-state index is 0.287. The van der Waals surface area contributed by atoms with E-state index in [9.17, 15) is 4.79 Å². The molecule has 8 aromatic rings. The zero-order chi connectivity index (χ0) is 31.6. The lowest BCUT2D eigenvalue weighted by molar-refractivity contribution is -0.0440. The molecule has 5 heterocycles. The molecule has 0 unspecified atom stereocenters. The van der Waals surface area contributed by atoms with Gasteiger partial charge in [0.2, 0.25) is 0 Å². The third kappa shape index (κ3) is 5.63. The van der Waals surface area contributed by atoms with Crippen LogP contribution in [-0.2, 0) is 9.47 Å². The van der Waals surface area contributed by atoms with Crippen LogP contribution < -0.4 is 0 Å². The first-order valence-electron chi connectivity index (χ1n) is 15.1. The molecule has 4 aromatic carbocycles. The van der Waals surface area contributed by atoms with Gasteiger partial charge in [0.05, 0.1) is 35.3 Å². The maximum absolute atomic E-state index is 10.9. The van der Waals surface area contributed by atoms with Gasteiger partial charge in [0.15, 0.2) is 6.29 Å². The van der Waals surface area contributed by atoms with Crippen molar-refractivity contribution in [3.05, 3.63) is 146 Å². The highest BCUT2D eigenvalue weighted by Crippen LogP contribution is 2.28. The molecule has 4 aromatic heterocycles. The number of carbonyl (C=O) groups excluding carboxylic acids is 1. The van der Waals surface area contributed by atoms with E-state index < -0.39 is 0 Å². The molecule has 1 aliphatic rings. The van der Waals surface area contributed by atoms with E-state index in [0.717, 1.165) is 62.2 Å². The highest BCUT2D eigenvalue weighted by molar-refractivity contribution is 5.86. The number of hydrogen-bond donors (Lipinski definition) is 0. The standard InChI is InChI=1S/C19H15N3O3.C18H13N3O/c1-2-13(16-6-7-25-21-16)10-15(3-1)22-12-20-17-11-14(4-5-18(17)22)19-23-8-9-24-19;22-12-14-6-7-18-17(10-14)19-13-21(18)16-5-3-4-15(11-16)20-8-1-2-9-20/h1-7,10-12,19H,8-9H2;1-13H. The average molecular weight is 621 g/mol. The second-order valence-electron chi connectivity index (χ2n) is 11.0. The van der Waals surface area contributed by atoms with E-state index in [-0.39, 0.29) is 6.29 Å². The summed E-state index contributed by atoms with van der Waals surface area (Å²) in [5.41, 5.74) is 10.3. The molecule has 0 radical (unpaired) electrons. The van der Waals surface area contributed by atoms with E-state index in [1.807, 2.05) is 102 Å². The Morgan fingerprint density at radius 1 is 0.681 bits per heavy atom. The van der Waals surface area contributed by atoms with Crippen molar-refractivity contribution >= 4 is 28.4 Å². The number of imidazole rings is 2. The summed E-state index contributed by atoms with van der Waals surface area (Å²) in [6.07, 6.45) is 9.77. The Kier molecular flexibility index (Phi) is 7.46. The Balaban J connectivity index is 0.000000139. The number of nitrogens with zero attached hydrogens (tertiary/aromatic N) is 6. The van der Waals surface area contributed by atoms with E-state index in [4.69, 9.17) is 14.0 Å². The molecule has 9 rings (SSSR count). The Hall–Kier alpha value is -6.10. The van der Waals surface area contributed by atoms with Crippen molar-refractivity contribution < 1.29 is 18.8 Å². The lowest BCUT2D eigenvalue weighted by Gasteiger charge is -2.10. The fourth-order valence-electron chi connectivity index (χ4n) is 5.73. The van der Waals surface area contributed by atoms with Crippen molar-refractivity contribution in [2.24, 2.45) is 0 Å². The van der Waals surface area contributed by atoms with Crippen LogP contribution in [0.4, 0.5) is 0 Å². The number of ether oxygens (including phenoxy) is 2. The number of aromatic nitrogens is 6. The van der Waals surface area contributed by atoms with E-state index in [1.165, 1.54) is 0 Å². The summed E-state index contributed by atoms with van der Waals surface area (Å²) in [6.45, 7) is 1.26. The summed E-state index contributed by atoms with van der Waals surface area (Å²) in [6, 6.07) is 33.8. The molecule has 0 saturated carbocycles. The van der Waals surface area contributed by atoms with Crippen LogP contribution >= 0.6 is 0 Å². The molecule has 0 N–H and O–H groups in total. The molecule has 0 amide bonds. The lowest BCUT2D eigenvalue weighted by atomic mass is 10.1. The second-order valence-corrected chi connectivity index (χ2v) is 11.0.